The van der Waals surface area contributed by atoms with Gasteiger partial charge in [-0.25, -0.2) is 13.6 Å². The van der Waals surface area contributed by atoms with Crippen LogP contribution in [0.25, 0.3) is 0 Å². The summed E-state index contributed by atoms with van der Waals surface area (Å²) in [4.78, 5) is 28.1. The molecular formula is C32H48F2N4O4. The molecule has 1 aromatic carbocycles. The lowest BCUT2D eigenvalue weighted by molar-refractivity contribution is -0.154. The number of alkyl halides is 2. The van der Waals surface area contributed by atoms with Crippen LogP contribution >= 0.6 is 0 Å². The van der Waals surface area contributed by atoms with E-state index in [0.717, 1.165) is 11.3 Å². The molecule has 1 atom stereocenters. The number of esters is 1. The van der Waals surface area contributed by atoms with E-state index in [-0.39, 0.29) is 25.0 Å². The van der Waals surface area contributed by atoms with Gasteiger partial charge in [-0.05, 0) is 91.3 Å². The van der Waals surface area contributed by atoms with Crippen LogP contribution in [0.4, 0.5) is 19.3 Å². The molecule has 0 bridgehead atoms. The van der Waals surface area contributed by atoms with Crippen LogP contribution in [-0.4, -0.2) is 72.9 Å². The molecule has 42 heavy (non-hydrogen) atoms. The molecular weight excluding hydrogens is 542 g/mol. The van der Waals surface area contributed by atoms with Crippen LogP contribution in [0.5, 0.6) is 0 Å². The van der Waals surface area contributed by atoms with Gasteiger partial charge in [-0.2, -0.15) is 5.26 Å². The Morgan fingerprint density at radius 2 is 1.52 bits per heavy atom. The summed E-state index contributed by atoms with van der Waals surface area (Å²) in [6.07, 6.45) is 1.87. The normalized spacial score (nSPS) is 21.3. The molecule has 8 nitrogen and oxygen atoms in total. The van der Waals surface area contributed by atoms with E-state index in [9.17, 15) is 14.9 Å². The van der Waals surface area contributed by atoms with Gasteiger partial charge in [0.25, 0.3) is 5.92 Å². The molecule has 10 heteroatoms. The van der Waals surface area contributed by atoms with Gasteiger partial charge in [0.15, 0.2) is 0 Å². The molecule has 0 radical (unpaired) electrons. The SMILES string of the molecule is CC(C)(C)OC(=O)CCC(C#N)c1ccc(N2CCN(CC(F)(F)C3CCC(NC(=O)OC(C)(C)C)CC3)CC2)cc1. The predicted octanol–water partition coefficient (Wildman–Crippen LogP) is 6.26. The first kappa shape index (κ1) is 33.6. The molecule has 3 rings (SSSR count). The van der Waals surface area contributed by atoms with E-state index in [1.54, 1.807) is 20.8 Å². The van der Waals surface area contributed by atoms with Crippen LogP contribution in [0, 0.1) is 17.2 Å². The zero-order valence-electron chi connectivity index (χ0n) is 26.1. The summed E-state index contributed by atoms with van der Waals surface area (Å²) in [6.45, 7) is 13.0. The van der Waals surface area contributed by atoms with Gasteiger partial charge < -0.3 is 19.7 Å². The third-order valence-electron chi connectivity index (χ3n) is 7.73. The number of benzene rings is 1. The Morgan fingerprint density at radius 3 is 2.05 bits per heavy atom. The molecule has 0 aromatic heterocycles. The second kappa shape index (κ2) is 14.0. The zero-order chi connectivity index (χ0) is 31.1. The number of carbonyl (C=O) groups excluding carboxylic acids is 2. The Kier molecular flexibility index (Phi) is 11.2. The van der Waals surface area contributed by atoms with E-state index in [1.807, 2.05) is 49.9 Å². The van der Waals surface area contributed by atoms with E-state index in [4.69, 9.17) is 9.47 Å². The highest BCUT2D eigenvalue weighted by molar-refractivity contribution is 5.70. The van der Waals surface area contributed by atoms with Gasteiger partial charge in [0.1, 0.15) is 11.2 Å². The molecule has 1 aromatic rings. The number of nitriles is 1. The lowest BCUT2D eigenvalue weighted by Gasteiger charge is -2.40. The highest BCUT2D eigenvalue weighted by Crippen LogP contribution is 2.37. The summed E-state index contributed by atoms with van der Waals surface area (Å²) in [6, 6.07) is 9.89. The molecule has 1 heterocycles. The van der Waals surface area contributed by atoms with Crippen LogP contribution in [0.2, 0.25) is 0 Å². The Bertz CT molecular complexity index is 1080. The van der Waals surface area contributed by atoms with Crippen molar-refractivity contribution in [2.45, 2.75) is 109 Å². The molecule has 1 N–H and O–H groups in total. The number of hydrogen-bond acceptors (Lipinski definition) is 7. The molecule has 1 unspecified atom stereocenters. The van der Waals surface area contributed by atoms with Crippen molar-refractivity contribution in [2.75, 3.05) is 37.6 Å². The number of nitrogens with zero attached hydrogens (tertiary/aromatic N) is 3. The maximum Gasteiger partial charge on any atom is 0.407 e. The fourth-order valence-corrected chi connectivity index (χ4v) is 5.60. The maximum atomic E-state index is 15.3. The number of rotatable bonds is 9. The van der Waals surface area contributed by atoms with Gasteiger partial charge in [-0.15, -0.1) is 0 Å². The van der Waals surface area contributed by atoms with Gasteiger partial charge in [0.05, 0.1) is 18.5 Å². The average molecular weight is 591 g/mol. The van der Waals surface area contributed by atoms with Crippen LogP contribution < -0.4 is 10.2 Å². The lowest BCUT2D eigenvalue weighted by Crippen LogP contribution is -2.52. The third-order valence-corrected chi connectivity index (χ3v) is 7.73. The minimum Gasteiger partial charge on any atom is -0.460 e. The Balaban J connectivity index is 1.43. The first-order chi connectivity index (χ1) is 19.5. The number of alkyl carbamates (subject to hydrolysis) is 1. The smallest absolute Gasteiger partial charge is 0.407 e. The quantitative estimate of drug-likeness (QED) is 0.340. The predicted molar refractivity (Wildman–Crippen MR) is 159 cm³/mol. The Labute approximate surface area is 249 Å². The molecule has 1 saturated heterocycles. The van der Waals surface area contributed by atoms with Gasteiger partial charge in [0, 0.05) is 50.2 Å². The minimum atomic E-state index is -2.79. The van der Waals surface area contributed by atoms with Crippen molar-refractivity contribution >= 4 is 17.7 Å². The van der Waals surface area contributed by atoms with Crippen molar-refractivity contribution in [1.29, 1.82) is 5.26 Å². The first-order valence-electron chi connectivity index (χ1n) is 15.1. The molecule has 2 aliphatic rings. The van der Waals surface area contributed by atoms with Crippen molar-refractivity contribution in [3.8, 4) is 6.07 Å². The average Bonchev–Trinajstić information content (AvgIpc) is 2.88. The summed E-state index contributed by atoms with van der Waals surface area (Å²) in [5, 5.41) is 12.5. The monoisotopic (exact) mass is 590 g/mol. The number of amides is 1. The zero-order valence-corrected chi connectivity index (χ0v) is 26.1. The number of nitrogens with one attached hydrogen (secondary N) is 1. The highest BCUT2D eigenvalue weighted by atomic mass is 19.3. The van der Waals surface area contributed by atoms with E-state index in [2.05, 4.69) is 16.3 Å². The number of hydrogen-bond donors (Lipinski definition) is 1. The molecule has 1 saturated carbocycles. The van der Waals surface area contributed by atoms with Crippen LogP contribution in [0.3, 0.4) is 0 Å². The molecule has 1 aliphatic carbocycles. The van der Waals surface area contributed by atoms with E-state index < -0.39 is 35.1 Å². The second-order valence-electron chi connectivity index (χ2n) is 13.6. The fourth-order valence-electron chi connectivity index (χ4n) is 5.60. The van der Waals surface area contributed by atoms with E-state index >= 15 is 8.78 Å². The molecule has 234 valence electrons. The van der Waals surface area contributed by atoms with Crippen LogP contribution in [0.1, 0.15) is 91.5 Å². The Hall–Kier alpha value is -2.93. The molecule has 2 fully saturated rings. The summed E-state index contributed by atoms with van der Waals surface area (Å²) in [7, 11) is 0. The third kappa shape index (κ3) is 10.7. The second-order valence-corrected chi connectivity index (χ2v) is 13.6. The number of piperazine rings is 1. The number of anilines is 1. The van der Waals surface area contributed by atoms with Crippen molar-refractivity contribution in [3.05, 3.63) is 29.8 Å². The summed E-state index contributed by atoms with van der Waals surface area (Å²) in [5.74, 6) is -4.20. The number of ether oxygens (including phenoxy) is 2. The Morgan fingerprint density at radius 1 is 0.952 bits per heavy atom. The molecule has 1 amide bonds. The van der Waals surface area contributed by atoms with Gasteiger partial charge >= 0.3 is 12.1 Å². The lowest BCUT2D eigenvalue weighted by atomic mass is 9.82. The topological polar surface area (TPSA) is 94.9 Å². The maximum absolute atomic E-state index is 15.3. The fraction of sp³-hybridized carbons (Fsp3) is 0.719. The molecule has 1 aliphatic heterocycles. The summed E-state index contributed by atoms with van der Waals surface area (Å²) in [5.41, 5.74) is 0.693. The summed E-state index contributed by atoms with van der Waals surface area (Å²) >= 11 is 0. The van der Waals surface area contributed by atoms with Gasteiger partial charge in [0.2, 0.25) is 0 Å². The van der Waals surface area contributed by atoms with Crippen molar-refractivity contribution in [2.24, 2.45) is 5.92 Å². The van der Waals surface area contributed by atoms with Crippen molar-refractivity contribution in [3.63, 3.8) is 0 Å². The minimum absolute atomic E-state index is 0.129. The first-order valence-corrected chi connectivity index (χ1v) is 15.1. The highest BCUT2D eigenvalue weighted by Gasteiger charge is 2.43. The van der Waals surface area contributed by atoms with Gasteiger partial charge in [-0.3, -0.25) is 9.69 Å². The van der Waals surface area contributed by atoms with Crippen LogP contribution in [0.15, 0.2) is 24.3 Å². The van der Waals surface area contributed by atoms with Gasteiger partial charge in [-0.1, -0.05) is 12.1 Å². The number of halogens is 2. The van der Waals surface area contributed by atoms with Crippen molar-refractivity contribution in [1.82, 2.24) is 10.2 Å². The largest absolute Gasteiger partial charge is 0.460 e. The standard InChI is InChI=1S/C32H48F2N4O4/c1-30(2,3)41-28(39)16-9-24(21-35)23-7-14-27(15-8-23)38-19-17-37(18-20-38)22-32(33,34)25-10-12-26(13-11-25)36-29(40)42-31(4,5)6/h7-8,14-15,24-26H,9-13,16-20,22H2,1-6H3,(H,36,40). The van der Waals surface area contributed by atoms with E-state index in [0.29, 0.717) is 58.3 Å². The van der Waals surface area contributed by atoms with Crippen molar-refractivity contribution < 1.29 is 27.8 Å². The molecule has 0 spiro atoms. The number of carbonyl (C=O) groups is 2. The summed E-state index contributed by atoms with van der Waals surface area (Å²) < 4.78 is 41.1. The van der Waals surface area contributed by atoms with Crippen LogP contribution in [-0.2, 0) is 14.3 Å². The van der Waals surface area contributed by atoms with E-state index in [1.165, 1.54) is 0 Å².